The number of ether oxygens (including phenoxy) is 1. The highest BCUT2D eigenvalue weighted by Crippen LogP contribution is 2.46. The maximum absolute atomic E-state index is 13.0. The number of carbonyl (C=O) groups is 1. The van der Waals surface area contributed by atoms with Gasteiger partial charge in [-0.15, -0.1) is 0 Å². The van der Waals surface area contributed by atoms with Crippen molar-refractivity contribution in [2.24, 2.45) is 0 Å². The van der Waals surface area contributed by atoms with Crippen LogP contribution in [0.5, 0.6) is 5.75 Å². The molecular formula is C38H42N2O3. The Morgan fingerprint density at radius 1 is 0.907 bits per heavy atom. The number of rotatable bonds is 9. The summed E-state index contributed by atoms with van der Waals surface area (Å²) in [4.78, 5) is 16.3. The molecule has 5 nitrogen and oxygen atoms in total. The van der Waals surface area contributed by atoms with Gasteiger partial charge in [-0.05, 0) is 101 Å². The van der Waals surface area contributed by atoms with Gasteiger partial charge in [0.05, 0.1) is 0 Å². The monoisotopic (exact) mass is 574 g/mol. The molecule has 1 aliphatic rings. The molecule has 0 spiro atoms. The summed E-state index contributed by atoms with van der Waals surface area (Å²) in [6, 6.07) is 24.7. The minimum absolute atomic E-state index is 0.156. The topological polar surface area (TPSA) is 67.3 Å². The summed E-state index contributed by atoms with van der Waals surface area (Å²) in [5, 5.41) is 4.14. The number of aromatic amines is 1. The van der Waals surface area contributed by atoms with Crippen LogP contribution in [-0.2, 0) is 30.3 Å². The van der Waals surface area contributed by atoms with Crippen LogP contribution in [0, 0.1) is 6.92 Å². The molecule has 5 aromatic rings. The molecule has 6 rings (SSSR count). The number of aromatic nitrogens is 1. The average Bonchev–Trinajstić information content (AvgIpc) is 3.63. The van der Waals surface area contributed by atoms with Crippen LogP contribution < -0.4 is 10.1 Å². The first-order valence-electron chi connectivity index (χ1n) is 15.4. The van der Waals surface area contributed by atoms with Crippen molar-refractivity contribution < 1.29 is 13.9 Å². The molecule has 1 aliphatic carbocycles. The third kappa shape index (κ3) is 6.13. The smallest absolute Gasteiger partial charge is 0.287 e. The Hall–Kier alpha value is -4.25. The van der Waals surface area contributed by atoms with Crippen LogP contribution >= 0.6 is 0 Å². The quantitative estimate of drug-likeness (QED) is 0.185. The molecule has 3 aromatic carbocycles. The molecule has 0 fully saturated rings. The normalized spacial score (nSPS) is 15.3. The Bertz CT molecular complexity index is 1760. The van der Waals surface area contributed by atoms with E-state index in [-0.39, 0.29) is 16.7 Å². The molecule has 2 aromatic heterocycles. The molecule has 0 bridgehead atoms. The van der Waals surface area contributed by atoms with E-state index in [1.165, 1.54) is 35.1 Å². The molecule has 5 heteroatoms. The van der Waals surface area contributed by atoms with Crippen LogP contribution in [0.25, 0.3) is 10.9 Å². The van der Waals surface area contributed by atoms with Crippen molar-refractivity contribution in [1.29, 1.82) is 0 Å². The summed E-state index contributed by atoms with van der Waals surface area (Å²) < 4.78 is 12.1. The van der Waals surface area contributed by atoms with E-state index >= 15 is 0 Å². The Kier molecular flexibility index (Phi) is 7.68. The molecule has 0 saturated heterocycles. The first-order chi connectivity index (χ1) is 20.6. The highest BCUT2D eigenvalue weighted by Gasteiger charge is 2.37. The van der Waals surface area contributed by atoms with Gasteiger partial charge in [0.1, 0.15) is 18.1 Å². The number of H-pyrrole nitrogens is 1. The van der Waals surface area contributed by atoms with Crippen LogP contribution in [0.4, 0.5) is 0 Å². The number of aryl methyl sites for hydroxylation is 1. The first-order valence-corrected chi connectivity index (χ1v) is 15.4. The Morgan fingerprint density at radius 2 is 1.65 bits per heavy atom. The summed E-state index contributed by atoms with van der Waals surface area (Å²) in [7, 11) is 0. The molecular weight excluding hydrogens is 532 g/mol. The second-order valence-electron chi connectivity index (χ2n) is 13.3. The fourth-order valence-corrected chi connectivity index (χ4v) is 6.33. The van der Waals surface area contributed by atoms with Gasteiger partial charge < -0.3 is 19.5 Å². The lowest BCUT2D eigenvalue weighted by atomic mass is 9.62. The van der Waals surface area contributed by atoms with E-state index in [0.717, 1.165) is 33.5 Å². The van der Waals surface area contributed by atoms with E-state index in [9.17, 15) is 4.79 Å². The van der Waals surface area contributed by atoms with Gasteiger partial charge in [0.15, 0.2) is 5.76 Å². The van der Waals surface area contributed by atoms with Gasteiger partial charge in [0.2, 0.25) is 0 Å². The van der Waals surface area contributed by atoms with Crippen LogP contribution in [0.1, 0.15) is 90.2 Å². The van der Waals surface area contributed by atoms with Crippen LogP contribution in [0.3, 0.4) is 0 Å². The molecule has 0 unspecified atom stereocenters. The Labute approximate surface area is 254 Å². The van der Waals surface area contributed by atoms with E-state index in [0.29, 0.717) is 31.8 Å². The lowest BCUT2D eigenvalue weighted by Crippen LogP contribution is -2.34. The standard InChI is InChI=1S/C38H42N2O3/c1-25-19-32-33(38(4,5)17-16-37(32,2)3)21-28(25)20-30-12-14-35(43-30)36(41)39-18-15-27-23-40-34-13-11-29(22-31(27)34)42-24-26-9-7-6-8-10-26/h6-14,19,21-23,40H,15-18,20,24H2,1-5H3,(H,39,41). The maximum atomic E-state index is 13.0. The van der Waals surface area contributed by atoms with Crippen LogP contribution in [0.2, 0.25) is 0 Å². The molecule has 0 aliphatic heterocycles. The Morgan fingerprint density at radius 3 is 2.42 bits per heavy atom. The van der Waals surface area contributed by atoms with E-state index in [2.05, 4.69) is 75.3 Å². The molecule has 1 amide bonds. The van der Waals surface area contributed by atoms with Crippen LogP contribution in [-0.4, -0.2) is 17.4 Å². The number of fused-ring (bicyclic) bond motifs is 2. The summed E-state index contributed by atoms with van der Waals surface area (Å²) in [6.07, 6.45) is 5.76. The summed E-state index contributed by atoms with van der Waals surface area (Å²) in [5.74, 6) is 1.79. The number of furan rings is 1. The third-order valence-corrected chi connectivity index (χ3v) is 9.23. The first kappa shape index (κ1) is 28.9. The minimum atomic E-state index is -0.192. The molecule has 43 heavy (non-hydrogen) atoms. The number of carbonyl (C=O) groups excluding carboxylic acids is 1. The summed E-state index contributed by atoms with van der Waals surface area (Å²) in [5.41, 5.74) is 9.11. The molecule has 2 N–H and O–H groups in total. The predicted molar refractivity (Wildman–Crippen MR) is 173 cm³/mol. The SMILES string of the molecule is Cc1cc2c(cc1Cc1ccc(C(=O)NCCc3c[nH]c4ccc(OCc5ccccc5)cc34)o1)C(C)(C)CCC2(C)C. The zero-order valence-corrected chi connectivity index (χ0v) is 26.0. The highest BCUT2D eigenvalue weighted by molar-refractivity contribution is 5.91. The van der Waals surface area contributed by atoms with Crippen molar-refractivity contribution in [1.82, 2.24) is 10.3 Å². The zero-order valence-electron chi connectivity index (χ0n) is 26.0. The zero-order chi connectivity index (χ0) is 30.2. The van der Waals surface area contributed by atoms with Crippen molar-refractivity contribution in [2.45, 2.75) is 77.7 Å². The van der Waals surface area contributed by atoms with E-state index in [4.69, 9.17) is 9.15 Å². The van der Waals surface area contributed by atoms with Crippen LogP contribution in [0.15, 0.2) is 83.4 Å². The lowest BCUT2D eigenvalue weighted by molar-refractivity contribution is 0.0925. The largest absolute Gasteiger partial charge is 0.489 e. The predicted octanol–water partition coefficient (Wildman–Crippen LogP) is 8.56. The van der Waals surface area contributed by atoms with Gasteiger partial charge in [-0.3, -0.25) is 4.79 Å². The minimum Gasteiger partial charge on any atom is -0.489 e. The van der Waals surface area contributed by atoms with Gasteiger partial charge in [-0.1, -0.05) is 70.2 Å². The van der Waals surface area contributed by atoms with Gasteiger partial charge >= 0.3 is 0 Å². The van der Waals surface area contributed by atoms with Crippen molar-refractivity contribution >= 4 is 16.8 Å². The average molecular weight is 575 g/mol. The van der Waals surface area contributed by atoms with Crippen molar-refractivity contribution in [3.63, 3.8) is 0 Å². The second kappa shape index (κ2) is 11.4. The van der Waals surface area contributed by atoms with E-state index < -0.39 is 0 Å². The van der Waals surface area contributed by atoms with Gasteiger partial charge in [0, 0.05) is 30.1 Å². The molecule has 222 valence electrons. The van der Waals surface area contributed by atoms with Gasteiger partial charge in [0.25, 0.3) is 5.91 Å². The third-order valence-electron chi connectivity index (χ3n) is 9.23. The van der Waals surface area contributed by atoms with Crippen molar-refractivity contribution in [3.8, 4) is 5.75 Å². The molecule has 0 saturated carbocycles. The fraction of sp³-hybridized carbons (Fsp3) is 0.342. The number of benzene rings is 3. The van der Waals surface area contributed by atoms with E-state index in [1.54, 1.807) is 6.07 Å². The summed E-state index contributed by atoms with van der Waals surface area (Å²) >= 11 is 0. The van der Waals surface area contributed by atoms with Crippen molar-refractivity contribution in [3.05, 3.63) is 124 Å². The Balaban J connectivity index is 1.08. The lowest BCUT2D eigenvalue weighted by Gasteiger charge is -2.42. The number of nitrogens with one attached hydrogen (secondary N) is 2. The maximum Gasteiger partial charge on any atom is 0.287 e. The number of hydrogen-bond donors (Lipinski definition) is 2. The van der Waals surface area contributed by atoms with Gasteiger partial charge in [-0.2, -0.15) is 0 Å². The fourth-order valence-electron chi connectivity index (χ4n) is 6.33. The highest BCUT2D eigenvalue weighted by atomic mass is 16.5. The number of hydrogen-bond acceptors (Lipinski definition) is 3. The van der Waals surface area contributed by atoms with Gasteiger partial charge in [-0.25, -0.2) is 0 Å². The molecule has 0 atom stereocenters. The second-order valence-corrected chi connectivity index (χ2v) is 13.3. The van der Waals surface area contributed by atoms with E-state index in [1.807, 2.05) is 42.6 Å². The molecule has 2 heterocycles. The number of amides is 1. The van der Waals surface area contributed by atoms with Crippen molar-refractivity contribution in [2.75, 3.05) is 6.54 Å². The summed E-state index contributed by atoms with van der Waals surface area (Å²) in [6.45, 7) is 12.6. The molecule has 0 radical (unpaired) electrons.